The fourth-order valence-electron chi connectivity index (χ4n) is 2.34. The normalized spacial score (nSPS) is 11.6. The second-order valence-electron chi connectivity index (χ2n) is 6.43. The zero-order chi connectivity index (χ0) is 15.7. The Morgan fingerprint density at radius 2 is 1.73 bits per heavy atom. The summed E-state index contributed by atoms with van der Waals surface area (Å²) < 4.78 is 1.79. The van der Waals surface area contributed by atoms with Gasteiger partial charge in [-0.25, -0.2) is 9.67 Å². The molecule has 0 N–H and O–H groups in total. The van der Waals surface area contributed by atoms with E-state index in [2.05, 4.69) is 48.0 Å². The van der Waals surface area contributed by atoms with E-state index in [0.29, 0.717) is 0 Å². The molecule has 2 aromatic heterocycles. The van der Waals surface area contributed by atoms with Gasteiger partial charge in [-0.15, -0.1) is 0 Å². The van der Waals surface area contributed by atoms with Gasteiger partial charge in [0.2, 0.25) is 0 Å². The predicted octanol–water partition coefficient (Wildman–Crippen LogP) is 3.84. The van der Waals surface area contributed by atoms with Crippen molar-refractivity contribution in [3.63, 3.8) is 0 Å². The average Bonchev–Trinajstić information content (AvgIpc) is 2.89. The highest BCUT2D eigenvalue weighted by atomic mass is 15.3. The fraction of sp³-hybridized carbons (Fsp3) is 0.278. The highest BCUT2D eigenvalue weighted by Gasteiger charge is 2.17. The minimum absolute atomic E-state index is 0.0819. The molecular formula is C18H20N4. The van der Waals surface area contributed by atoms with Gasteiger partial charge in [-0.05, 0) is 23.1 Å². The van der Waals surface area contributed by atoms with Crippen molar-refractivity contribution in [2.75, 3.05) is 0 Å². The smallest absolute Gasteiger partial charge is 0.181 e. The topological polar surface area (TPSA) is 43.6 Å². The molecule has 3 rings (SSSR count). The van der Waals surface area contributed by atoms with Crippen LogP contribution in [0.1, 0.15) is 26.3 Å². The van der Waals surface area contributed by atoms with E-state index in [1.165, 1.54) is 5.56 Å². The van der Waals surface area contributed by atoms with E-state index in [1.807, 2.05) is 43.6 Å². The minimum atomic E-state index is 0.0819. The Labute approximate surface area is 130 Å². The predicted molar refractivity (Wildman–Crippen MR) is 88.4 cm³/mol. The van der Waals surface area contributed by atoms with Crippen LogP contribution in [0.5, 0.6) is 0 Å². The summed E-state index contributed by atoms with van der Waals surface area (Å²) in [6.45, 7) is 6.58. The van der Waals surface area contributed by atoms with Crippen molar-refractivity contribution >= 4 is 0 Å². The third-order valence-corrected chi connectivity index (χ3v) is 3.65. The zero-order valence-electron chi connectivity index (χ0n) is 13.4. The molecule has 4 heteroatoms. The molecule has 1 aromatic carbocycles. The summed E-state index contributed by atoms with van der Waals surface area (Å²) in [5.74, 6) is 1.51. The van der Waals surface area contributed by atoms with Gasteiger partial charge in [0.1, 0.15) is 5.69 Å². The maximum Gasteiger partial charge on any atom is 0.181 e. The molecule has 0 aliphatic carbocycles. The molecule has 0 atom stereocenters. The molecule has 112 valence electrons. The highest BCUT2D eigenvalue weighted by Crippen LogP contribution is 2.26. The van der Waals surface area contributed by atoms with Crippen LogP contribution < -0.4 is 0 Å². The molecule has 0 unspecified atom stereocenters. The maximum atomic E-state index is 4.66. The molecule has 22 heavy (non-hydrogen) atoms. The molecule has 0 aliphatic rings. The van der Waals surface area contributed by atoms with Crippen molar-refractivity contribution < 1.29 is 0 Å². The van der Waals surface area contributed by atoms with Gasteiger partial charge in [0, 0.05) is 18.8 Å². The van der Waals surface area contributed by atoms with Crippen LogP contribution in [0.3, 0.4) is 0 Å². The molecule has 0 aliphatic heterocycles. The first-order chi connectivity index (χ1) is 10.4. The van der Waals surface area contributed by atoms with Crippen molar-refractivity contribution in [3.05, 3.63) is 54.2 Å². The van der Waals surface area contributed by atoms with Crippen LogP contribution in [-0.4, -0.2) is 19.7 Å². The molecule has 0 bridgehead atoms. The number of benzene rings is 1. The number of aromatic nitrogens is 4. The van der Waals surface area contributed by atoms with Crippen molar-refractivity contribution in [3.8, 4) is 22.9 Å². The van der Waals surface area contributed by atoms with E-state index in [0.717, 1.165) is 22.9 Å². The Balaban J connectivity index is 2.05. The molecule has 0 saturated heterocycles. The summed E-state index contributed by atoms with van der Waals surface area (Å²) in [6, 6.07) is 14.1. The SMILES string of the molecule is Cn1nc(-c2ccccc2)nc1-c1cc(C(C)(C)C)ccn1. The van der Waals surface area contributed by atoms with E-state index in [9.17, 15) is 0 Å². The Hall–Kier alpha value is -2.49. The third kappa shape index (κ3) is 2.77. The molecule has 0 spiro atoms. The summed E-state index contributed by atoms with van der Waals surface area (Å²) in [5, 5.41) is 4.51. The lowest BCUT2D eigenvalue weighted by Crippen LogP contribution is -2.11. The van der Waals surface area contributed by atoms with Gasteiger partial charge >= 0.3 is 0 Å². The number of hydrogen-bond donors (Lipinski definition) is 0. The first kappa shape index (κ1) is 14.4. The van der Waals surface area contributed by atoms with E-state index >= 15 is 0 Å². The summed E-state index contributed by atoms with van der Waals surface area (Å²) in [4.78, 5) is 9.13. The van der Waals surface area contributed by atoms with Crippen molar-refractivity contribution in [1.82, 2.24) is 19.7 Å². The highest BCUT2D eigenvalue weighted by molar-refractivity contribution is 5.59. The second-order valence-corrected chi connectivity index (χ2v) is 6.43. The van der Waals surface area contributed by atoms with E-state index in [1.54, 1.807) is 4.68 Å². The number of aryl methyl sites for hydroxylation is 1. The van der Waals surface area contributed by atoms with Gasteiger partial charge in [0.15, 0.2) is 11.6 Å². The summed E-state index contributed by atoms with van der Waals surface area (Å²) in [7, 11) is 1.90. The Kier molecular flexibility index (Phi) is 3.53. The molecule has 0 saturated carbocycles. The van der Waals surface area contributed by atoms with Gasteiger partial charge in [0.25, 0.3) is 0 Å². The minimum Gasteiger partial charge on any atom is -0.253 e. The fourth-order valence-corrected chi connectivity index (χ4v) is 2.34. The Morgan fingerprint density at radius 3 is 2.41 bits per heavy atom. The van der Waals surface area contributed by atoms with E-state index < -0.39 is 0 Å². The summed E-state index contributed by atoms with van der Waals surface area (Å²) in [5.41, 5.74) is 3.18. The van der Waals surface area contributed by atoms with Crippen LogP contribution in [0.15, 0.2) is 48.7 Å². The number of nitrogens with zero attached hydrogens (tertiary/aromatic N) is 4. The zero-order valence-corrected chi connectivity index (χ0v) is 13.4. The van der Waals surface area contributed by atoms with Crippen molar-refractivity contribution in [2.24, 2.45) is 7.05 Å². The van der Waals surface area contributed by atoms with Gasteiger partial charge in [-0.3, -0.25) is 4.98 Å². The maximum absolute atomic E-state index is 4.66. The van der Waals surface area contributed by atoms with Crippen molar-refractivity contribution in [2.45, 2.75) is 26.2 Å². The van der Waals surface area contributed by atoms with E-state index in [-0.39, 0.29) is 5.41 Å². The van der Waals surface area contributed by atoms with Gasteiger partial charge in [-0.1, -0.05) is 51.1 Å². The lowest BCUT2D eigenvalue weighted by atomic mass is 9.87. The third-order valence-electron chi connectivity index (χ3n) is 3.65. The van der Waals surface area contributed by atoms with Crippen LogP contribution >= 0.6 is 0 Å². The largest absolute Gasteiger partial charge is 0.253 e. The van der Waals surface area contributed by atoms with Gasteiger partial charge in [0.05, 0.1) is 0 Å². The van der Waals surface area contributed by atoms with Crippen LogP contribution in [0, 0.1) is 0 Å². The van der Waals surface area contributed by atoms with E-state index in [4.69, 9.17) is 0 Å². The molecule has 2 heterocycles. The quantitative estimate of drug-likeness (QED) is 0.720. The molecule has 3 aromatic rings. The molecular weight excluding hydrogens is 272 g/mol. The van der Waals surface area contributed by atoms with Crippen LogP contribution in [0.25, 0.3) is 22.9 Å². The number of pyridine rings is 1. The Morgan fingerprint density at radius 1 is 1.00 bits per heavy atom. The van der Waals surface area contributed by atoms with Crippen LogP contribution in [0.2, 0.25) is 0 Å². The first-order valence-corrected chi connectivity index (χ1v) is 7.38. The lowest BCUT2D eigenvalue weighted by molar-refractivity contribution is 0.589. The lowest BCUT2D eigenvalue weighted by Gasteiger charge is -2.19. The summed E-state index contributed by atoms with van der Waals surface area (Å²) in [6.07, 6.45) is 1.84. The molecule has 0 amide bonds. The molecule has 0 fully saturated rings. The summed E-state index contributed by atoms with van der Waals surface area (Å²) >= 11 is 0. The van der Waals surface area contributed by atoms with Gasteiger partial charge in [-0.2, -0.15) is 5.10 Å². The Bertz CT molecular complexity index is 782. The van der Waals surface area contributed by atoms with Gasteiger partial charge < -0.3 is 0 Å². The van der Waals surface area contributed by atoms with Crippen LogP contribution in [-0.2, 0) is 12.5 Å². The molecule has 0 radical (unpaired) electrons. The first-order valence-electron chi connectivity index (χ1n) is 7.38. The van der Waals surface area contributed by atoms with Crippen molar-refractivity contribution in [1.29, 1.82) is 0 Å². The number of hydrogen-bond acceptors (Lipinski definition) is 3. The number of rotatable bonds is 2. The standard InChI is InChI=1S/C18H20N4/c1-18(2,3)14-10-11-19-15(12-14)17-20-16(21-22(17)4)13-8-6-5-7-9-13/h5-12H,1-4H3. The molecule has 4 nitrogen and oxygen atoms in total. The second kappa shape index (κ2) is 5.37. The van der Waals surface area contributed by atoms with Crippen LogP contribution in [0.4, 0.5) is 0 Å². The monoisotopic (exact) mass is 292 g/mol. The average molecular weight is 292 g/mol.